The van der Waals surface area contributed by atoms with Gasteiger partial charge in [0.1, 0.15) is 11.6 Å². The fraction of sp³-hybridized carbons (Fsp3) is 0.833. The largest absolute Gasteiger partial charge is 0.299 e. The number of ketones is 2. The summed E-state index contributed by atoms with van der Waals surface area (Å²) in [5.41, 5.74) is -0.772. The van der Waals surface area contributed by atoms with Gasteiger partial charge in [0.2, 0.25) is 0 Å². The van der Waals surface area contributed by atoms with Gasteiger partial charge in [-0.3, -0.25) is 9.59 Å². The fourth-order valence-corrected chi connectivity index (χ4v) is 1.22. The van der Waals surface area contributed by atoms with E-state index >= 15 is 0 Å². The van der Waals surface area contributed by atoms with E-state index in [1.165, 1.54) is 19.8 Å². The van der Waals surface area contributed by atoms with Crippen LogP contribution in [0.4, 0.5) is 0 Å². The molecule has 0 unspecified atom stereocenters. The van der Waals surface area contributed by atoms with E-state index in [9.17, 15) is 9.59 Å². The molecule has 0 aliphatic carbocycles. The summed E-state index contributed by atoms with van der Waals surface area (Å²) in [5.74, 6) is 0.0547. The maximum absolute atomic E-state index is 11.6. The summed E-state index contributed by atoms with van der Waals surface area (Å²) in [6.45, 7) is 7.07. The molecule has 0 aliphatic heterocycles. The van der Waals surface area contributed by atoms with Gasteiger partial charge in [0, 0.05) is 6.42 Å². The van der Waals surface area contributed by atoms with Crippen molar-refractivity contribution < 1.29 is 9.59 Å². The molecule has 0 aliphatic rings. The normalized spacial score (nSPS) is 11.4. The van der Waals surface area contributed by atoms with Gasteiger partial charge >= 0.3 is 0 Å². The number of carbonyl (C=O) groups excluding carboxylic acids is 2. The van der Waals surface area contributed by atoms with Crippen molar-refractivity contribution in [2.75, 3.05) is 0 Å². The molecule has 0 amide bonds. The first kappa shape index (κ1) is 13.3. The molecular weight excluding hydrogens is 176 g/mol. The van der Waals surface area contributed by atoms with Gasteiger partial charge in [0.05, 0.1) is 5.41 Å². The molecule has 0 saturated heterocycles. The Balaban J connectivity index is 3.90. The third-order valence-electron chi connectivity index (χ3n) is 2.83. The van der Waals surface area contributed by atoms with Gasteiger partial charge in [-0.15, -0.1) is 0 Å². The van der Waals surface area contributed by atoms with Crippen molar-refractivity contribution in [2.24, 2.45) is 5.41 Å². The standard InChI is InChI=1S/C12H22O2/c1-5-6-7-8-9-11(14)12(3,4)10(2)13/h5-9H2,1-4H3. The van der Waals surface area contributed by atoms with Crippen LogP contribution in [-0.2, 0) is 9.59 Å². The topological polar surface area (TPSA) is 34.1 Å². The van der Waals surface area contributed by atoms with Crippen LogP contribution in [0.2, 0.25) is 0 Å². The predicted octanol–water partition coefficient (Wildman–Crippen LogP) is 3.14. The highest BCUT2D eigenvalue weighted by Gasteiger charge is 2.31. The number of carbonyl (C=O) groups is 2. The average molecular weight is 198 g/mol. The smallest absolute Gasteiger partial charge is 0.145 e. The molecule has 0 N–H and O–H groups in total. The second-order valence-corrected chi connectivity index (χ2v) is 4.42. The van der Waals surface area contributed by atoms with Gasteiger partial charge in [0.25, 0.3) is 0 Å². The molecule has 0 atom stereocenters. The van der Waals surface area contributed by atoms with Crippen LogP contribution in [0.25, 0.3) is 0 Å². The molecule has 82 valence electrons. The van der Waals surface area contributed by atoms with Crippen molar-refractivity contribution in [3.63, 3.8) is 0 Å². The maximum Gasteiger partial charge on any atom is 0.145 e. The Labute approximate surface area is 87.1 Å². The highest BCUT2D eigenvalue weighted by atomic mass is 16.2. The minimum atomic E-state index is -0.772. The first-order chi connectivity index (χ1) is 6.42. The lowest BCUT2D eigenvalue weighted by atomic mass is 9.82. The van der Waals surface area contributed by atoms with Crippen LogP contribution in [0, 0.1) is 5.41 Å². The van der Waals surface area contributed by atoms with Crippen LogP contribution in [0.3, 0.4) is 0 Å². The summed E-state index contributed by atoms with van der Waals surface area (Å²) in [5, 5.41) is 0. The zero-order valence-corrected chi connectivity index (χ0v) is 9.85. The monoisotopic (exact) mass is 198 g/mol. The van der Waals surface area contributed by atoms with Crippen molar-refractivity contribution in [3.8, 4) is 0 Å². The minimum absolute atomic E-state index is 0.0296. The van der Waals surface area contributed by atoms with E-state index in [0.717, 1.165) is 12.8 Å². The van der Waals surface area contributed by atoms with Crippen molar-refractivity contribution in [2.45, 2.75) is 59.8 Å². The molecule has 0 aromatic carbocycles. The Morgan fingerprint density at radius 3 is 2.07 bits per heavy atom. The van der Waals surface area contributed by atoms with Gasteiger partial charge in [-0.1, -0.05) is 26.2 Å². The summed E-state index contributed by atoms with van der Waals surface area (Å²) in [6.07, 6.45) is 4.91. The molecule has 2 heteroatoms. The fourth-order valence-electron chi connectivity index (χ4n) is 1.22. The molecule has 0 aromatic heterocycles. The summed E-state index contributed by atoms with van der Waals surface area (Å²) in [6, 6.07) is 0. The third kappa shape index (κ3) is 4.03. The zero-order valence-electron chi connectivity index (χ0n) is 9.85. The highest BCUT2D eigenvalue weighted by Crippen LogP contribution is 2.21. The van der Waals surface area contributed by atoms with Gasteiger partial charge in [-0.25, -0.2) is 0 Å². The lowest BCUT2D eigenvalue weighted by Crippen LogP contribution is -2.31. The summed E-state index contributed by atoms with van der Waals surface area (Å²) in [4.78, 5) is 22.8. The Morgan fingerprint density at radius 2 is 1.64 bits per heavy atom. The van der Waals surface area contributed by atoms with Crippen LogP contribution in [0.1, 0.15) is 59.8 Å². The van der Waals surface area contributed by atoms with E-state index in [0.29, 0.717) is 6.42 Å². The van der Waals surface area contributed by atoms with Crippen LogP contribution in [0.15, 0.2) is 0 Å². The number of rotatable bonds is 7. The molecule has 0 heterocycles. The molecule has 0 aromatic rings. The maximum atomic E-state index is 11.6. The number of hydrogen-bond acceptors (Lipinski definition) is 2. The van der Waals surface area contributed by atoms with Gasteiger partial charge in [-0.2, -0.15) is 0 Å². The zero-order chi connectivity index (χ0) is 11.2. The van der Waals surface area contributed by atoms with Gasteiger partial charge < -0.3 is 0 Å². The van der Waals surface area contributed by atoms with E-state index in [4.69, 9.17) is 0 Å². The summed E-state index contributed by atoms with van der Waals surface area (Å²) in [7, 11) is 0. The molecule has 0 fully saturated rings. The molecule has 0 spiro atoms. The number of Topliss-reactive ketones (excluding diaryl/α,β-unsaturated/α-hetero) is 2. The van der Waals surface area contributed by atoms with Crippen molar-refractivity contribution >= 4 is 11.6 Å². The molecule has 0 saturated carbocycles. The molecular formula is C12H22O2. The summed E-state index contributed by atoms with van der Waals surface area (Å²) < 4.78 is 0. The highest BCUT2D eigenvalue weighted by molar-refractivity contribution is 6.05. The van der Waals surface area contributed by atoms with E-state index in [1.807, 2.05) is 0 Å². The number of unbranched alkanes of at least 4 members (excludes halogenated alkanes) is 3. The molecule has 14 heavy (non-hydrogen) atoms. The van der Waals surface area contributed by atoms with Crippen molar-refractivity contribution in [1.29, 1.82) is 0 Å². The minimum Gasteiger partial charge on any atom is -0.299 e. The van der Waals surface area contributed by atoms with Gasteiger partial charge in [0.15, 0.2) is 0 Å². The second kappa shape index (κ2) is 5.94. The van der Waals surface area contributed by atoms with E-state index in [-0.39, 0.29) is 11.6 Å². The van der Waals surface area contributed by atoms with Crippen LogP contribution < -0.4 is 0 Å². The van der Waals surface area contributed by atoms with Crippen LogP contribution in [0.5, 0.6) is 0 Å². The molecule has 0 rings (SSSR count). The van der Waals surface area contributed by atoms with Crippen molar-refractivity contribution in [3.05, 3.63) is 0 Å². The van der Waals surface area contributed by atoms with Gasteiger partial charge in [-0.05, 0) is 27.2 Å². The molecule has 0 bridgehead atoms. The SMILES string of the molecule is CCCCCCC(=O)C(C)(C)C(C)=O. The third-order valence-corrected chi connectivity index (χ3v) is 2.83. The number of hydrogen-bond donors (Lipinski definition) is 0. The molecule has 0 radical (unpaired) electrons. The van der Waals surface area contributed by atoms with E-state index in [2.05, 4.69) is 6.92 Å². The average Bonchev–Trinajstić information content (AvgIpc) is 2.11. The van der Waals surface area contributed by atoms with Crippen molar-refractivity contribution in [1.82, 2.24) is 0 Å². The Hall–Kier alpha value is -0.660. The van der Waals surface area contributed by atoms with Crippen LogP contribution in [-0.4, -0.2) is 11.6 Å². The lowest BCUT2D eigenvalue weighted by Gasteiger charge is -2.19. The molecule has 2 nitrogen and oxygen atoms in total. The van der Waals surface area contributed by atoms with E-state index < -0.39 is 5.41 Å². The Morgan fingerprint density at radius 1 is 1.07 bits per heavy atom. The van der Waals surface area contributed by atoms with E-state index in [1.54, 1.807) is 13.8 Å². The first-order valence-electron chi connectivity index (χ1n) is 5.47. The predicted molar refractivity (Wildman–Crippen MR) is 58.2 cm³/mol. The first-order valence-corrected chi connectivity index (χ1v) is 5.47. The van der Waals surface area contributed by atoms with Crippen LogP contribution >= 0.6 is 0 Å². The quantitative estimate of drug-likeness (QED) is 0.465. The summed E-state index contributed by atoms with van der Waals surface area (Å²) >= 11 is 0. The Bertz CT molecular complexity index is 204. The Kier molecular flexibility index (Phi) is 5.66. The second-order valence-electron chi connectivity index (χ2n) is 4.42. The lowest BCUT2D eigenvalue weighted by molar-refractivity contribution is -0.137.